The Labute approximate surface area is 125 Å². The largest absolute Gasteiger partial charge is 0.399 e. The first-order chi connectivity index (χ1) is 9.47. The average molecular weight is 337 g/mol. The Bertz CT molecular complexity index is 646. The normalized spacial score (nSPS) is 11.9. The minimum absolute atomic E-state index is 0.263. The van der Waals surface area contributed by atoms with E-state index >= 15 is 0 Å². The van der Waals surface area contributed by atoms with E-state index in [2.05, 4.69) is 21.2 Å². The van der Waals surface area contributed by atoms with Crippen LogP contribution in [0.4, 0.5) is 10.1 Å². The van der Waals surface area contributed by atoms with Gasteiger partial charge < -0.3 is 11.1 Å². The second-order valence-corrected chi connectivity index (χ2v) is 5.34. The van der Waals surface area contributed by atoms with E-state index in [0.29, 0.717) is 21.3 Å². The summed E-state index contributed by atoms with van der Waals surface area (Å²) < 4.78 is 13.8. The van der Waals surface area contributed by atoms with Crippen LogP contribution in [-0.2, 0) is 0 Å². The number of nitrogen functional groups attached to an aromatic ring is 1. The topological polar surface area (TPSA) is 55.1 Å². The molecule has 0 bridgehead atoms. The first kappa shape index (κ1) is 14.5. The predicted molar refractivity (Wildman–Crippen MR) is 80.8 cm³/mol. The monoisotopic (exact) mass is 336 g/mol. The number of halogens is 2. The van der Waals surface area contributed by atoms with Gasteiger partial charge in [-0.05, 0) is 58.7 Å². The number of nitrogens with two attached hydrogens (primary N) is 1. The lowest BCUT2D eigenvalue weighted by Crippen LogP contribution is -2.27. The number of hydrogen-bond acceptors (Lipinski definition) is 2. The van der Waals surface area contributed by atoms with Crippen LogP contribution >= 0.6 is 15.9 Å². The summed E-state index contributed by atoms with van der Waals surface area (Å²) >= 11 is 3.31. The molecule has 3 nitrogen and oxygen atoms in total. The molecular weight excluding hydrogens is 323 g/mol. The highest BCUT2D eigenvalue weighted by atomic mass is 79.9. The van der Waals surface area contributed by atoms with Crippen LogP contribution in [0.25, 0.3) is 0 Å². The highest BCUT2D eigenvalue weighted by Crippen LogP contribution is 2.21. The predicted octanol–water partition coefficient (Wildman–Crippen LogP) is 3.66. The highest BCUT2D eigenvalue weighted by Gasteiger charge is 2.14. The van der Waals surface area contributed by atoms with Crippen LogP contribution in [0.5, 0.6) is 0 Å². The minimum Gasteiger partial charge on any atom is -0.399 e. The number of carbonyl (C=O) groups is 1. The van der Waals surface area contributed by atoms with Crippen LogP contribution in [0.3, 0.4) is 0 Å². The van der Waals surface area contributed by atoms with Gasteiger partial charge in [0.2, 0.25) is 0 Å². The molecule has 104 valence electrons. The van der Waals surface area contributed by atoms with Crippen molar-refractivity contribution in [3.05, 3.63) is 63.9 Å². The fourth-order valence-corrected chi connectivity index (χ4v) is 2.28. The molecule has 0 aromatic heterocycles. The van der Waals surface area contributed by atoms with E-state index in [1.165, 1.54) is 12.1 Å². The third kappa shape index (κ3) is 3.36. The fraction of sp³-hybridized carbons (Fsp3) is 0.133. The quantitative estimate of drug-likeness (QED) is 0.840. The van der Waals surface area contributed by atoms with Gasteiger partial charge in [-0.2, -0.15) is 0 Å². The van der Waals surface area contributed by atoms with Gasteiger partial charge in [0.25, 0.3) is 5.91 Å². The first-order valence-corrected chi connectivity index (χ1v) is 6.88. The van der Waals surface area contributed by atoms with Gasteiger partial charge in [-0.15, -0.1) is 0 Å². The Balaban J connectivity index is 2.17. The van der Waals surface area contributed by atoms with Crippen LogP contribution in [0.1, 0.15) is 28.9 Å². The van der Waals surface area contributed by atoms with Crippen molar-refractivity contribution in [1.82, 2.24) is 5.32 Å². The minimum atomic E-state index is -0.325. The van der Waals surface area contributed by atoms with E-state index in [1.54, 1.807) is 37.3 Å². The molecule has 2 aromatic rings. The van der Waals surface area contributed by atoms with Gasteiger partial charge in [0, 0.05) is 10.2 Å². The SMILES string of the molecule is C[C@H](NC(=O)c1cc(N)ccc1Br)c1cccc(F)c1. The molecule has 0 heterocycles. The van der Waals surface area contributed by atoms with E-state index in [-0.39, 0.29) is 17.8 Å². The van der Waals surface area contributed by atoms with Crippen molar-refractivity contribution in [1.29, 1.82) is 0 Å². The Kier molecular flexibility index (Phi) is 4.39. The Morgan fingerprint density at radius 1 is 1.30 bits per heavy atom. The molecule has 1 atom stereocenters. The smallest absolute Gasteiger partial charge is 0.252 e. The molecule has 0 saturated carbocycles. The molecular formula is C15H14BrFN2O. The molecule has 0 radical (unpaired) electrons. The molecule has 0 saturated heterocycles. The third-order valence-electron chi connectivity index (χ3n) is 2.93. The van der Waals surface area contributed by atoms with Gasteiger partial charge in [-0.1, -0.05) is 12.1 Å². The van der Waals surface area contributed by atoms with Crippen molar-refractivity contribution in [2.45, 2.75) is 13.0 Å². The fourth-order valence-electron chi connectivity index (χ4n) is 1.85. The van der Waals surface area contributed by atoms with Crippen molar-refractivity contribution in [2.24, 2.45) is 0 Å². The third-order valence-corrected chi connectivity index (χ3v) is 3.62. The van der Waals surface area contributed by atoms with Crippen molar-refractivity contribution < 1.29 is 9.18 Å². The summed E-state index contributed by atoms with van der Waals surface area (Å²) in [5.41, 5.74) is 7.35. The zero-order valence-corrected chi connectivity index (χ0v) is 12.4. The van der Waals surface area contributed by atoms with Gasteiger partial charge in [0.15, 0.2) is 0 Å². The summed E-state index contributed by atoms with van der Waals surface area (Å²) in [4.78, 5) is 12.2. The second kappa shape index (κ2) is 6.05. The van der Waals surface area contributed by atoms with Crippen molar-refractivity contribution in [2.75, 3.05) is 5.73 Å². The number of anilines is 1. The zero-order chi connectivity index (χ0) is 14.7. The summed E-state index contributed by atoms with van der Waals surface area (Å²) in [6.45, 7) is 1.80. The van der Waals surface area contributed by atoms with Gasteiger partial charge in [0.05, 0.1) is 11.6 Å². The summed E-state index contributed by atoms with van der Waals surface area (Å²) in [5, 5.41) is 2.82. The molecule has 0 aliphatic heterocycles. The zero-order valence-electron chi connectivity index (χ0n) is 10.9. The Morgan fingerprint density at radius 2 is 2.05 bits per heavy atom. The average Bonchev–Trinajstić information content (AvgIpc) is 2.41. The van der Waals surface area contributed by atoms with Crippen LogP contribution in [0.15, 0.2) is 46.9 Å². The molecule has 20 heavy (non-hydrogen) atoms. The lowest BCUT2D eigenvalue weighted by atomic mass is 10.1. The Morgan fingerprint density at radius 3 is 2.75 bits per heavy atom. The number of nitrogens with one attached hydrogen (secondary N) is 1. The number of benzene rings is 2. The van der Waals surface area contributed by atoms with Crippen molar-refractivity contribution in [3.63, 3.8) is 0 Å². The maximum Gasteiger partial charge on any atom is 0.252 e. The molecule has 0 fully saturated rings. The van der Waals surface area contributed by atoms with Gasteiger partial charge in [-0.3, -0.25) is 4.79 Å². The second-order valence-electron chi connectivity index (χ2n) is 4.49. The first-order valence-electron chi connectivity index (χ1n) is 6.08. The van der Waals surface area contributed by atoms with E-state index in [0.717, 1.165) is 0 Å². The van der Waals surface area contributed by atoms with E-state index in [1.807, 2.05) is 0 Å². The molecule has 0 aliphatic carbocycles. The number of rotatable bonds is 3. The molecule has 0 aliphatic rings. The standard InChI is InChI=1S/C15H14BrFN2O/c1-9(10-3-2-4-11(17)7-10)19-15(20)13-8-12(18)5-6-14(13)16/h2-9H,18H2,1H3,(H,19,20)/t9-/m0/s1. The van der Waals surface area contributed by atoms with Crippen molar-refractivity contribution >= 4 is 27.5 Å². The van der Waals surface area contributed by atoms with Crippen LogP contribution in [0.2, 0.25) is 0 Å². The van der Waals surface area contributed by atoms with Crippen LogP contribution < -0.4 is 11.1 Å². The van der Waals surface area contributed by atoms with Crippen LogP contribution in [0, 0.1) is 5.82 Å². The number of carbonyl (C=O) groups excluding carboxylic acids is 1. The van der Waals surface area contributed by atoms with Gasteiger partial charge in [-0.25, -0.2) is 4.39 Å². The maximum absolute atomic E-state index is 13.2. The van der Waals surface area contributed by atoms with Crippen molar-refractivity contribution in [3.8, 4) is 0 Å². The van der Waals surface area contributed by atoms with E-state index < -0.39 is 0 Å². The number of amides is 1. The van der Waals surface area contributed by atoms with E-state index in [4.69, 9.17) is 5.73 Å². The van der Waals surface area contributed by atoms with E-state index in [9.17, 15) is 9.18 Å². The number of hydrogen-bond donors (Lipinski definition) is 2. The van der Waals surface area contributed by atoms with Gasteiger partial charge in [0.1, 0.15) is 5.82 Å². The Hall–Kier alpha value is -1.88. The molecule has 0 spiro atoms. The lowest BCUT2D eigenvalue weighted by Gasteiger charge is -2.15. The van der Waals surface area contributed by atoms with Gasteiger partial charge >= 0.3 is 0 Å². The molecule has 2 rings (SSSR count). The summed E-state index contributed by atoms with van der Waals surface area (Å²) in [5.74, 6) is -0.588. The maximum atomic E-state index is 13.2. The highest BCUT2D eigenvalue weighted by molar-refractivity contribution is 9.10. The van der Waals surface area contributed by atoms with Crippen LogP contribution in [-0.4, -0.2) is 5.91 Å². The molecule has 0 unspecified atom stereocenters. The molecule has 1 amide bonds. The summed E-state index contributed by atoms with van der Waals surface area (Å²) in [7, 11) is 0. The molecule has 2 aromatic carbocycles. The molecule has 3 N–H and O–H groups in total. The summed E-state index contributed by atoms with van der Waals surface area (Å²) in [6, 6.07) is 10.9. The summed E-state index contributed by atoms with van der Waals surface area (Å²) in [6.07, 6.45) is 0. The lowest BCUT2D eigenvalue weighted by molar-refractivity contribution is 0.0939. The molecule has 5 heteroatoms.